The van der Waals surface area contributed by atoms with Crippen LogP contribution < -0.4 is 5.32 Å². The highest BCUT2D eigenvalue weighted by atomic mass is 16.5. The van der Waals surface area contributed by atoms with E-state index in [4.69, 9.17) is 4.52 Å². The average molecular weight is 425 g/mol. The summed E-state index contributed by atoms with van der Waals surface area (Å²) in [6.07, 6.45) is 3.68. The molecular weight excluding hydrogens is 398 g/mol. The Morgan fingerprint density at radius 3 is 2.77 bits per heavy atom. The maximum absolute atomic E-state index is 13.2. The van der Waals surface area contributed by atoms with Crippen molar-refractivity contribution in [3.63, 3.8) is 0 Å². The fourth-order valence-corrected chi connectivity index (χ4v) is 3.55. The summed E-state index contributed by atoms with van der Waals surface area (Å²) in [7, 11) is 0. The molecule has 0 atom stereocenters. The van der Waals surface area contributed by atoms with Crippen LogP contribution in [0, 0.1) is 19.8 Å². The van der Waals surface area contributed by atoms with Crippen LogP contribution in [0.1, 0.15) is 57.4 Å². The number of fused-ring (bicyclic) bond motifs is 1. The lowest BCUT2D eigenvalue weighted by Crippen LogP contribution is -2.39. The van der Waals surface area contributed by atoms with E-state index in [1.807, 2.05) is 27.0 Å². The lowest BCUT2D eigenvalue weighted by Gasteiger charge is -2.27. The largest absolute Gasteiger partial charge is 0.361 e. The SMILES string of the molecule is Cc1cnn(Cc2c(C(=O)N3CCn4nc(C(=O)NCC(C)C)cc4C3)noc2C)c1. The first-order chi connectivity index (χ1) is 14.8. The van der Waals surface area contributed by atoms with Gasteiger partial charge in [0, 0.05) is 24.8 Å². The smallest absolute Gasteiger partial charge is 0.276 e. The van der Waals surface area contributed by atoms with Crippen LogP contribution in [0.15, 0.2) is 23.0 Å². The van der Waals surface area contributed by atoms with Crippen LogP contribution in [0.25, 0.3) is 0 Å². The van der Waals surface area contributed by atoms with Gasteiger partial charge in [0.1, 0.15) is 5.76 Å². The van der Waals surface area contributed by atoms with Crippen LogP contribution in [0.4, 0.5) is 0 Å². The van der Waals surface area contributed by atoms with E-state index in [0.717, 1.165) is 16.8 Å². The van der Waals surface area contributed by atoms with Crippen molar-refractivity contribution in [1.82, 2.24) is 34.9 Å². The van der Waals surface area contributed by atoms with E-state index in [0.29, 0.717) is 55.8 Å². The molecule has 0 saturated heterocycles. The summed E-state index contributed by atoms with van der Waals surface area (Å²) in [5.74, 6) is 0.564. The Bertz CT molecular complexity index is 1110. The third kappa shape index (κ3) is 4.37. The fraction of sp³-hybridized carbons (Fsp3) is 0.476. The van der Waals surface area contributed by atoms with E-state index < -0.39 is 0 Å². The van der Waals surface area contributed by atoms with Gasteiger partial charge in [-0.2, -0.15) is 10.2 Å². The van der Waals surface area contributed by atoms with Gasteiger partial charge < -0.3 is 14.7 Å². The number of nitrogens with one attached hydrogen (secondary N) is 1. The topological polar surface area (TPSA) is 111 Å². The zero-order valence-corrected chi connectivity index (χ0v) is 18.3. The van der Waals surface area contributed by atoms with Gasteiger partial charge in [-0.1, -0.05) is 19.0 Å². The van der Waals surface area contributed by atoms with Gasteiger partial charge >= 0.3 is 0 Å². The molecule has 4 heterocycles. The van der Waals surface area contributed by atoms with Gasteiger partial charge in [0.2, 0.25) is 0 Å². The van der Waals surface area contributed by atoms with Crippen molar-refractivity contribution < 1.29 is 14.1 Å². The highest BCUT2D eigenvalue weighted by molar-refractivity contribution is 5.94. The van der Waals surface area contributed by atoms with Crippen molar-refractivity contribution in [2.45, 2.75) is 47.3 Å². The van der Waals surface area contributed by atoms with Crippen LogP contribution in [-0.2, 0) is 19.6 Å². The quantitative estimate of drug-likeness (QED) is 0.644. The van der Waals surface area contributed by atoms with Gasteiger partial charge in [-0.3, -0.25) is 19.0 Å². The third-order valence-corrected chi connectivity index (χ3v) is 5.26. The highest BCUT2D eigenvalue weighted by Crippen LogP contribution is 2.21. The predicted octanol–water partition coefficient (Wildman–Crippen LogP) is 1.77. The first-order valence-electron chi connectivity index (χ1n) is 10.4. The molecule has 1 aliphatic rings. The Labute approximate surface area is 180 Å². The van der Waals surface area contributed by atoms with E-state index >= 15 is 0 Å². The lowest BCUT2D eigenvalue weighted by molar-refractivity contribution is 0.0693. The van der Waals surface area contributed by atoms with E-state index in [1.54, 1.807) is 33.5 Å². The summed E-state index contributed by atoms with van der Waals surface area (Å²) < 4.78 is 8.88. The summed E-state index contributed by atoms with van der Waals surface area (Å²) >= 11 is 0. The molecule has 164 valence electrons. The predicted molar refractivity (Wildman–Crippen MR) is 111 cm³/mol. The number of carbonyl (C=O) groups excluding carboxylic acids is 2. The molecule has 4 rings (SSSR count). The van der Waals surface area contributed by atoms with Gasteiger partial charge in [-0.25, -0.2) is 0 Å². The monoisotopic (exact) mass is 425 g/mol. The molecule has 0 fully saturated rings. The van der Waals surface area contributed by atoms with Crippen LogP contribution in [0.3, 0.4) is 0 Å². The molecule has 0 aromatic carbocycles. The molecule has 2 amide bonds. The molecule has 0 saturated carbocycles. The molecule has 0 radical (unpaired) electrons. The van der Waals surface area contributed by atoms with E-state index in [2.05, 4.69) is 20.7 Å². The minimum Gasteiger partial charge on any atom is -0.361 e. The summed E-state index contributed by atoms with van der Waals surface area (Å²) in [4.78, 5) is 27.3. The van der Waals surface area contributed by atoms with Crippen molar-refractivity contribution >= 4 is 11.8 Å². The maximum Gasteiger partial charge on any atom is 0.276 e. The summed E-state index contributed by atoms with van der Waals surface area (Å²) in [5, 5.41) is 15.6. The molecule has 1 N–H and O–H groups in total. The number of nitrogens with zero attached hydrogens (tertiary/aromatic N) is 6. The number of aromatic nitrogens is 5. The molecule has 0 spiro atoms. The Hall–Kier alpha value is -3.43. The van der Waals surface area contributed by atoms with E-state index in [-0.39, 0.29) is 11.8 Å². The second-order valence-corrected chi connectivity index (χ2v) is 8.36. The fourth-order valence-electron chi connectivity index (χ4n) is 3.55. The Morgan fingerprint density at radius 1 is 1.26 bits per heavy atom. The van der Waals surface area contributed by atoms with Gasteiger partial charge in [-0.05, 0) is 31.4 Å². The van der Waals surface area contributed by atoms with Gasteiger partial charge in [-0.15, -0.1) is 0 Å². The standard InChI is InChI=1S/C21H27N7O3/c1-13(2)8-22-20(29)18-7-16-11-26(5-6-28(16)24-18)21(30)19-17(15(4)31-25-19)12-27-10-14(3)9-23-27/h7,9-10,13H,5-6,8,11-12H2,1-4H3,(H,22,29). The summed E-state index contributed by atoms with van der Waals surface area (Å²) in [6, 6.07) is 1.75. The Kier molecular flexibility index (Phi) is 5.62. The number of hydrogen-bond donors (Lipinski definition) is 1. The third-order valence-electron chi connectivity index (χ3n) is 5.26. The molecule has 0 unspecified atom stereocenters. The molecule has 0 bridgehead atoms. The molecular formula is C21H27N7O3. The summed E-state index contributed by atoms with van der Waals surface area (Å²) in [5.41, 5.74) is 3.25. The minimum atomic E-state index is -0.200. The van der Waals surface area contributed by atoms with Crippen molar-refractivity contribution in [1.29, 1.82) is 0 Å². The first-order valence-corrected chi connectivity index (χ1v) is 10.4. The second kappa shape index (κ2) is 8.37. The molecule has 0 aliphatic carbocycles. The molecule has 10 heteroatoms. The number of amides is 2. The number of carbonyl (C=O) groups is 2. The first kappa shape index (κ1) is 20.8. The molecule has 10 nitrogen and oxygen atoms in total. The zero-order valence-electron chi connectivity index (χ0n) is 18.3. The highest BCUT2D eigenvalue weighted by Gasteiger charge is 2.29. The molecule has 3 aromatic heterocycles. The number of rotatable bonds is 6. The van der Waals surface area contributed by atoms with Crippen molar-refractivity contribution in [3.8, 4) is 0 Å². The van der Waals surface area contributed by atoms with E-state index in [9.17, 15) is 9.59 Å². The van der Waals surface area contributed by atoms with E-state index in [1.165, 1.54) is 0 Å². The van der Waals surface area contributed by atoms with Gasteiger partial charge in [0.25, 0.3) is 11.8 Å². The van der Waals surface area contributed by atoms with Crippen LogP contribution >= 0.6 is 0 Å². The maximum atomic E-state index is 13.2. The van der Waals surface area contributed by atoms with Gasteiger partial charge in [0.15, 0.2) is 11.4 Å². The van der Waals surface area contributed by atoms with Crippen LogP contribution in [-0.4, -0.2) is 54.5 Å². The van der Waals surface area contributed by atoms with Crippen LogP contribution in [0.5, 0.6) is 0 Å². The molecule has 3 aromatic rings. The second-order valence-electron chi connectivity index (χ2n) is 8.36. The number of aryl methyl sites for hydroxylation is 2. The average Bonchev–Trinajstić information content (AvgIpc) is 3.44. The van der Waals surface area contributed by atoms with Crippen molar-refractivity contribution in [3.05, 3.63) is 52.4 Å². The Balaban J connectivity index is 1.49. The van der Waals surface area contributed by atoms with Crippen molar-refractivity contribution in [2.24, 2.45) is 5.92 Å². The minimum absolute atomic E-state index is 0.197. The number of hydrogen-bond acceptors (Lipinski definition) is 6. The van der Waals surface area contributed by atoms with Crippen LogP contribution in [0.2, 0.25) is 0 Å². The zero-order chi connectivity index (χ0) is 22.1. The normalized spacial score (nSPS) is 13.5. The lowest BCUT2D eigenvalue weighted by atomic mass is 10.1. The summed E-state index contributed by atoms with van der Waals surface area (Å²) in [6.45, 7) is 10.2. The molecule has 1 aliphatic heterocycles. The van der Waals surface area contributed by atoms with Gasteiger partial charge in [0.05, 0.1) is 31.5 Å². The van der Waals surface area contributed by atoms with Crippen molar-refractivity contribution in [2.75, 3.05) is 13.1 Å². The molecule has 31 heavy (non-hydrogen) atoms. The Morgan fingerprint density at radius 2 is 2.06 bits per heavy atom.